The van der Waals surface area contributed by atoms with Crippen molar-refractivity contribution < 1.29 is 24.2 Å². The second kappa shape index (κ2) is 10.2. The monoisotopic (exact) mass is 308 g/mol. The highest BCUT2D eigenvalue weighted by Crippen LogP contribution is 2.07. The fraction of sp³-hybridized carbons (Fsp3) is 0.400. The molecule has 120 valence electrons. The van der Waals surface area contributed by atoms with Crippen LogP contribution in [0.4, 0.5) is 0 Å². The molecule has 2 amide bonds. The standard InChI is InChI=1S/C15H20N2O5/c18-13(16-9-5-4-8-15(20)21)10-17-14(19)11-22-12-6-2-1-3-7-12/h1-3,6-7H,4-5,8-11H2,(H,16,18)(H,17,19)(H,20,21). The number of carbonyl (C=O) groups excluding carboxylic acids is 2. The van der Waals surface area contributed by atoms with Crippen LogP contribution in [0.15, 0.2) is 30.3 Å². The van der Waals surface area contributed by atoms with Gasteiger partial charge in [0.15, 0.2) is 6.61 Å². The number of aliphatic carboxylic acids is 1. The van der Waals surface area contributed by atoms with Gasteiger partial charge in [-0.1, -0.05) is 18.2 Å². The summed E-state index contributed by atoms with van der Waals surface area (Å²) in [6, 6.07) is 8.90. The number of carboxylic acid groups (broad SMARTS) is 1. The van der Waals surface area contributed by atoms with E-state index in [2.05, 4.69) is 10.6 Å². The number of amides is 2. The summed E-state index contributed by atoms with van der Waals surface area (Å²) in [6.45, 7) is 0.105. The molecule has 0 radical (unpaired) electrons. The maximum atomic E-state index is 11.5. The lowest BCUT2D eigenvalue weighted by Gasteiger charge is -2.08. The first-order valence-corrected chi connectivity index (χ1v) is 7.01. The van der Waals surface area contributed by atoms with Crippen molar-refractivity contribution in [2.24, 2.45) is 0 Å². The first-order chi connectivity index (χ1) is 10.6. The molecule has 7 heteroatoms. The van der Waals surface area contributed by atoms with Crippen molar-refractivity contribution >= 4 is 17.8 Å². The SMILES string of the molecule is O=C(O)CCCCNC(=O)CNC(=O)COc1ccccc1. The minimum atomic E-state index is -0.850. The molecule has 0 unspecified atom stereocenters. The summed E-state index contributed by atoms with van der Waals surface area (Å²) >= 11 is 0. The molecule has 0 aliphatic rings. The average molecular weight is 308 g/mol. The highest BCUT2D eigenvalue weighted by molar-refractivity contribution is 5.85. The Morgan fingerprint density at radius 3 is 2.41 bits per heavy atom. The highest BCUT2D eigenvalue weighted by atomic mass is 16.5. The van der Waals surface area contributed by atoms with Gasteiger partial charge in [0.05, 0.1) is 6.54 Å². The zero-order valence-corrected chi connectivity index (χ0v) is 12.2. The number of rotatable bonds is 10. The largest absolute Gasteiger partial charge is 0.484 e. The number of carbonyl (C=O) groups is 3. The smallest absolute Gasteiger partial charge is 0.303 e. The summed E-state index contributed by atoms with van der Waals surface area (Å²) < 4.78 is 5.24. The van der Waals surface area contributed by atoms with E-state index in [0.29, 0.717) is 25.1 Å². The number of hydrogen-bond donors (Lipinski definition) is 3. The number of nitrogens with one attached hydrogen (secondary N) is 2. The molecule has 0 atom stereocenters. The lowest BCUT2D eigenvalue weighted by molar-refractivity contribution is -0.137. The third-order valence-electron chi connectivity index (χ3n) is 2.70. The summed E-state index contributed by atoms with van der Waals surface area (Å²) in [7, 11) is 0. The van der Waals surface area contributed by atoms with Gasteiger partial charge in [0.2, 0.25) is 5.91 Å². The summed E-state index contributed by atoms with van der Waals surface area (Å²) in [5, 5.41) is 13.5. The van der Waals surface area contributed by atoms with Crippen molar-refractivity contribution in [2.75, 3.05) is 19.7 Å². The van der Waals surface area contributed by atoms with Gasteiger partial charge in [-0.15, -0.1) is 0 Å². The number of para-hydroxylation sites is 1. The van der Waals surface area contributed by atoms with Gasteiger partial charge in [0.25, 0.3) is 5.91 Å². The molecule has 1 aromatic carbocycles. The van der Waals surface area contributed by atoms with E-state index in [9.17, 15) is 14.4 Å². The molecule has 3 N–H and O–H groups in total. The minimum absolute atomic E-state index is 0.0867. The Morgan fingerprint density at radius 2 is 1.73 bits per heavy atom. The van der Waals surface area contributed by atoms with E-state index in [1.807, 2.05) is 6.07 Å². The van der Waals surface area contributed by atoms with E-state index in [0.717, 1.165) is 0 Å². The second-order valence-electron chi connectivity index (χ2n) is 4.58. The molecule has 0 aliphatic carbocycles. The Hall–Kier alpha value is -2.57. The van der Waals surface area contributed by atoms with Crippen LogP contribution in [0, 0.1) is 0 Å². The average Bonchev–Trinajstić information content (AvgIpc) is 2.51. The van der Waals surface area contributed by atoms with Gasteiger partial charge < -0.3 is 20.5 Å². The van der Waals surface area contributed by atoms with E-state index in [1.165, 1.54) is 0 Å². The Balaban J connectivity index is 2.05. The van der Waals surface area contributed by atoms with Crippen LogP contribution in [-0.4, -0.2) is 42.6 Å². The highest BCUT2D eigenvalue weighted by Gasteiger charge is 2.06. The van der Waals surface area contributed by atoms with E-state index in [4.69, 9.17) is 9.84 Å². The van der Waals surface area contributed by atoms with Crippen LogP contribution in [-0.2, 0) is 14.4 Å². The van der Waals surface area contributed by atoms with Gasteiger partial charge in [0.1, 0.15) is 5.75 Å². The number of unbranched alkanes of at least 4 members (excludes halogenated alkanes) is 1. The number of ether oxygens (including phenoxy) is 1. The zero-order valence-electron chi connectivity index (χ0n) is 12.2. The summed E-state index contributed by atoms with van der Waals surface area (Å²) in [5.74, 6) is -0.967. The minimum Gasteiger partial charge on any atom is -0.484 e. The molecular weight excluding hydrogens is 288 g/mol. The van der Waals surface area contributed by atoms with Crippen LogP contribution in [0.25, 0.3) is 0 Å². The molecule has 0 aromatic heterocycles. The molecule has 1 rings (SSSR count). The van der Waals surface area contributed by atoms with Crippen molar-refractivity contribution in [3.8, 4) is 5.75 Å². The Labute approximate surface area is 128 Å². The summed E-state index contributed by atoms with van der Waals surface area (Å²) in [6.07, 6.45) is 1.18. The van der Waals surface area contributed by atoms with Crippen LogP contribution in [0.1, 0.15) is 19.3 Å². The molecule has 22 heavy (non-hydrogen) atoms. The quantitative estimate of drug-likeness (QED) is 0.548. The summed E-state index contributed by atoms with van der Waals surface area (Å²) in [4.78, 5) is 33.2. The normalized spacial score (nSPS) is 9.82. The maximum Gasteiger partial charge on any atom is 0.303 e. The first kappa shape index (κ1) is 17.5. The van der Waals surface area contributed by atoms with Crippen molar-refractivity contribution in [2.45, 2.75) is 19.3 Å². The predicted molar refractivity (Wildman–Crippen MR) is 79.4 cm³/mol. The van der Waals surface area contributed by atoms with Crippen LogP contribution in [0.3, 0.4) is 0 Å². The van der Waals surface area contributed by atoms with Gasteiger partial charge in [-0.25, -0.2) is 0 Å². The second-order valence-corrected chi connectivity index (χ2v) is 4.58. The van der Waals surface area contributed by atoms with E-state index in [1.54, 1.807) is 24.3 Å². The van der Waals surface area contributed by atoms with Crippen LogP contribution in [0.2, 0.25) is 0 Å². The summed E-state index contributed by atoms with van der Waals surface area (Å²) in [5.41, 5.74) is 0. The number of carboxylic acids is 1. The molecule has 0 saturated carbocycles. The fourth-order valence-electron chi connectivity index (χ4n) is 1.59. The molecule has 0 aliphatic heterocycles. The van der Waals surface area contributed by atoms with Gasteiger partial charge in [0, 0.05) is 13.0 Å². The Bertz CT molecular complexity index is 490. The topological polar surface area (TPSA) is 105 Å². The van der Waals surface area contributed by atoms with Crippen LogP contribution < -0.4 is 15.4 Å². The molecular formula is C15H20N2O5. The molecule has 0 saturated heterocycles. The van der Waals surface area contributed by atoms with Crippen molar-refractivity contribution in [1.29, 1.82) is 0 Å². The van der Waals surface area contributed by atoms with Crippen molar-refractivity contribution in [3.05, 3.63) is 30.3 Å². The van der Waals surface area contributed by atoms with E-state index >= 15 is 0 Å². The third kappa shape index (κ3) is 8.57. The molecule has 0 spiro atoms. The van der Waals surface area contributed by atoms with Crippen LogP contribution in [0.5, 0.6) is 5.75 Å². The van der Waals surface area contributed by atoms with Gasteiger partial charge in [-0.05, 0) is 25.0 Å². The lowest BCUT2D eigenvalue weighted by atomic mass is 10.2. The van der Waals surface area contributed by atoms with Crippen molar-refractivity contribution in [1.82, 2.24) is 10.6 Å². The lowest BCUT2D eigenvalue weighted by Crippen LogP contribution is -2.39. The van der Waals surface area contributed by atoms with Gasteiger partial charge in [-0.2, -0.15) is 0 Å². The van der Waals surface area contributed by atoms with Gasteiger partial charge in [-0.3, -0.25) is 14.4 Å². The first-order valence-electron chi connectivity index (χ1n) is 7.01. The molecule has 7 nitrogen and oxygen atoms in total. The fourth-order valence-corrected chi connectivity index (χ4v) is 1.59. The van der Waals surface area contributed by atoms with E-state index in [-0.39, 0.29) is 31.4 Å². The van der Waals surface area contributed by atoms with Crippen LogP contribution >= 0.6 is 0 Å². The van der Waals surface area contributed by atoms with Crippen molar-refractivity contribution in [3.63, 3.8) is 0 Å². The zero-order chi connectivity index (χ0) is 16.2. The molecule has 0 fully saturated rings. The van der Waals surface area contributed by atoms with E-state index < -0.39 is 5.97 Å². The molecule has 1 aromatic rings. The Morgan fingerprint density at radius 1 is 1.00 bits per heavy atom. The maximum absolute atomic E-state index is 11.5. The van der Waals surface area contributed by atoms with Gasteiger partial charge >= 0.3 is 5.97 Å². The number of benzene rings is 1. The third-order valence-corrected chi connectivity index (χ3v) is 2.70. The predicted octanol–water partition coefficient (Wildman–Crippen LogP) is 0.553. The molecule has 0 bridgehead atoms. The number of hydrogen-bond acceptors (Lipinski definition) is 4. The molecule has 0 heterocycles. The Kier molecular flexibility index (Phi) is 8.10.